The number of phenols is 1. The zero-order valence-corrected chi connectivity index (χ0v) is 62.0. The third-order valence-corrected chi connectivity index (χ3v) is 19.7. The van der Waals surface area contributed by atoms with Crippen LogP contribution in [-0.2, 0) is 56.1 Å². The fourth-order valence-corrected chi connectivity index (χ4v) is 13.4. The van der Waals surface area contributed by atoms with Gasteiger partial charge in [0.2, 0.25) is 41.4 Å². The first-order valence-corrected chi connectivity index (χ1v) is 36.9. The number of aliphatic hydroxyl groups is 9. The number of nitrogens with zero attached hydrogens (tertiary/aromatic N) is 8. The Morgan fingerprint density at radius 1 is 0.772 bits per heavy atom. The van der Waals surface area contributed by atoms with Gasteiger partial charge in [-0.25, -0.2) is 32.8 Å². The van der Waals surface area contributed by atoms with Crippen LogP contribution in [0.5, 0.6) is 17.2 Å². The quantitative estimate of drug-likeness (QED) is 0.0250. The van der Waals surface area contributed by atoms with Crippen LogP contribution in [0, 0.1) is 23.4 Å². The minimum Gasteiger partial charge on any atom is -0.504 e. The van der Waals surface area contributed by atoms with Crippen LogP contribution < -0.4 is 41.2 Å². The van der Waals surface area contributed by atoms with Crippen molar-refractivity contribution >= 4 is 57.7 Å². The molecule has 4 aromatic carbocycles. The summed E-state index contributed by atoms with van der Waals surface area (Å²) in [7, 11) is -5.35. The summed E-state index contributed by atoms with van der Waals surface area (Å²) in [6.45, 7) is 4.99. The molecule has 0 aliphatic carbocycles. The molecule has 10 rings (SSSR count). The van der Waals surface area contributed by atoms with Gasteiger partial charge in [0.25, 0.3) is 5.91 Å². The minimum absolute atomic E-state index is 0.0960. The second-order valence-corrected chi connectivity index (χ2v) is 28.6. The fraction of sp³-hybridized carbons (Fsp3) is 0.431. The monoisotopic (exact) mass is 1620 g/mol. The SMILES string of the molecule is CCCCCOc1ccc(-c2cc(-c3ccc(C(=O)N[C@H]4C[C@@H](O)[C@@H](O)NC(=O)[C@@H]5[C@@H](O)[C@@H](C)CN5C(=O)[C@H]([C@H](O)CC(N)=O)NC(=O)[C@@H]([C@H](O)[C@@H](O)c5ccc(O)c(OS(=O)(=O)O)c5)NC(=O)[C@@H]5C[C@@H](O)CN5C(=O)[C@H]([C@@H](C)O)NC4=O)cc3)no2)cc1.C[C@@H](c1ncncc1F)[C@](O)(Cn1cncn1)c1ccc(F)cc1F. The highest BCUT2D eigenvalue weighted by Gasteiger charge is 2.51. The summed E-state index contributed by atoms with van der Waals surface area (Å²) in [6, 6.07) is 6.32. The molecule has 17 atom stereocenters. The molecule has 3 aliphatic rings. The van der Waals surface area contributed by atoms with Gasteiger partial charge in [0.05, 0.1) is 55.9 Å². The number of amides is 8. The van der Waals surface area contributed by atoms with Crippen molar-refractivity contribution < 1.29 is 129 Å². The van der Waals surface area contributed by atoms with Crippen LogP contribution >= 0.6 is 0 Å². The molecule has 0 radical (unpaired) electrons. The lowest BCUT2D eigenvalue weighted by atomic mass is 9.79. The standard InChI is InChI=1S/C56H71N9O23S.C16H14F3N5O/c1-4-5-6-17-86-32-14-11-28(12-15-32)39-21-33(63-87-39)27-7-9-29(10-8-27)49(75)58-34-20-38(70)52(78)62-54(80)45-46(72)25(2)23-65(45)56(82)43(37(69)22-41(57)71)60-53(79)44(48(74)47(73)30-13-16-36(68)40(18-30)88-89(83,84)85)61-51(77)35-19-31(67)24-64(35)55(81)42(26(3)66)59-50(34)76;1-10(15-14(19)5-20-7-22-15)16(25,6-24-9-21-8-23-24)12-3-2-11(17)4-13(12)18/h7-16,18,21,25-26,31,34-35,37-38,42-48,52,66-70,72-74,78H,4-6,17,19-20,22-24H2,1-3H3,(H2,57,71)(H,58,75)(H,59,76)(H,60,79)(H,61,77)(H,62,80)(H,83,84,85);2-5,7-10,25H,6H2,1H3/t25-,26+,31+,34-,35-,37+,38+,42-,43-,44+,45-,46-,47-,48-,52+;10-,16+/m00/s1. The lowest BCUT2D eigenvalue weighted by Crippen LogP contribution is -2.64. The number of carbonyl (C=O) groups excluding carboxylic acids is 8. The average Bonchev–Trinajstić information content (AvgIpc) is 1.16. The largest absolute Gasteiger partial charge is 0.504 e. The lowest BCUT2D eigenvalue weighted by Gasteiger charge is -2.34. The number of carbonyl (C=O) groups is 8. The number of unbranched alkanes of at least 4 members (excludes halogenated alkanes) is 2. The number of hydrogen-bond acceptors (Lipinski definition) is 28. The molecule has 114 heavy (non-hydrogen) atoms. The molecule has 3 aromatic heterocycles. The Morgan fingerprint density at radius 2 is 1.45 bits per heavy atom. The van der Waals surface area contributed by atoms with Crippen molar-refractivity contribution in [3.63, 3.8) is 0 Å². The van der Waals surface area contributed by atoms with Crippen molar-refractivity contribution in [2.45, 2.75) is 169 Å². The van der Waals surface area contributed by atoms with Gasteiger partial charge in [0.1, 0.15) is 102 Å². The number of aromatic nitrogens is 6. The van der Waals surface area contributed by atoms with Crippen LogP contribution in [0.15, 0.2) is 121 Å². The van der Waals surface area contributed by atoms with Gasteiger partial charge in [-0.2, -0.15) is 13.5 Å². The molecule has 8 amide bonds. The molecular weight excluding hydrogens is 1530 g/mol. The Balaban J connectivity index is 0.000000501. The third-order valence-electron chi connectivity index (χ3n) is 19.3. The second kappa shape index (κ2) is 37.6. The fourth-order valence-electron chi connectivity index (χ4n) is 13.1. The summed E-state index contributed by atoms with van der Waals surface area (Å²) in [4.78, 5) is 126. The Morgan fingerprint density at radius 3 is 2.09 bits per heavy atom. The number of nitrogens with two attached hydrogens (primary N) is 1. The van der Waals surface area contributed by atoms with Gasteiger partial charge < -0.3 is 107 Å². The van der Waals surface area contributed by atoms with E-state index in [1.54, 1.807) is 30.3 Å². The van der Waals surface area contributed by atoms with Crippen molar-refractivity contribution in [3.8, 4) is 39.8 Å². The van der Waals surface area contributed by atoms with Gasteiger partial charge in [0.15, 0.2) is 29.3 Å². The van der Waals surface area contributed by atoms with Crippen LogP contribution in [0.25, 0.3) is 22.6 Å². The predicted octanol–water partition coefficient (Wildman–Crippen LogP) is -1.73. The van der Waals surface area contributed by atoms with E-state index in [2.05, 4.69) is 52.3 Å². The molecule has 614 valence electrons. The van der Waals surface area contributed by atoms with E-state index in [1.165, 1.54) is 55.4 Å². The van der Waals surface area contributed by atoms with E-state index in [9.17, 15) is 116 Å². The van der Waals surface area contributed by atoms with Crippen molar-refractivity contribution in [1.29, 1.82) is 0 Å². The topological polar surface area (TPSA) is 587 Å². The maximum absolute atomic E-state index is 14.7. The summed E-state index contributed by atoms with van der Waals surface area (Å²) in [5, 5.41) is 131. The van der Waals surface area contributed by atoms with Crippen molar-refractivity contribution in [2.75, 3.05) is 19.7 Å². The van der Waals surface area contributed by atoms with Gasteiger partial charge in [-0.1, -0.05) is 63.0 Å². The number of hydrogen-bond donors (Lipinski definition) is 17. The summed E-state index contributed by atoms with van der Waals surface area (Å²) >= 11 is 0. The highest BCUT2D eigenvalue weighted by molar-refractivity contribution is 7.81. The molecule has 6 heterocycles. The second-order valence-electron chi connectivity index (χ2n) is 27.5. The number of benzene rings is 4. The highest BCUT2D eigenvalue weighted by atomic mass is 32.3. The molecule has 18 N–H and O–H groups in total. The van der Waals surface area contributed by atoms with E-state index in [0.29, 0.717) is 62.9 Å². The maximum atomic E-state index is 14.7. The van der Waals surface area contributed by atoms with Gasteiger partial charge in [0, 0.05) is 72.2 Å². The Bertz CT molecular complexity index is 4690. The van der Waals surface area contributed by atoms with Crippen LogP contribution in [0.3, 0.4) is 0 Å². The average molecular weight is 1620 g/mol. The molecule has 38 nitrogen and oxygen atoms in total. The van der Waals surface area contributed by atoms with E-state index in [-0.39, 0.29) is 23.4 Å². The number of aromatic hydroxyl groups is 1. The van der Waals surface area contributed by atoms with Crippen molar-refractivity contribution in [2.24, 2.45) is 11.7 Å². The molecule has 0 saturated carbocycles. The molecule has 0 spiro atoms. The summed E-state index contributed by atoms with van der Waals surface area (Å²) < 4.78 is 91.1. The normalized spacial score (nSPS) is 23.9. The molecule has 7 aromatic rings. The Kier molecular flexibility index (Phi) is 28.7. The van der Waals surface area contributed by atoms with Gasteiger partial charge in [-0.05, 0) is 73.5 Å². The third kappa shape index (κ3) is 21.2. The van der Waals surface area contributed by atoms with Crippen LogP contribution in [0.2, 0.25) is 0 Å². The van der Waals surface area contributed by atoms with Gasteiger partial charge >= 0.3 is 10.4 Å². The molecule has 3 aliphatic heterocycles. The molecule has 42 heteroatoms. The zero-order chi connectivity index (χ0) is 83.4. The van der Waals surface area contributed by atoms with E-state index in [1.807, 2.05) is 10.6 Å². The molecule has 0 unspecified atom stereocenters. The van der Waals surface area contributed by atoms with E-state index in [4.69, 9.17) is 15.0 Å². The molecule has 0 bridgehead atoms. The van der Waals surface area contributed by atoms with E-state index in [0.717, 1.165) is 56.9 Å². The number of aliphatic hydroxyl groups excluding tert-OH is 8. The first kappa shape index (κ1) is 86.8. The summed E-state index contributed by atoms with van der Waals surface area (Å²) in [5.41, 5.74) is 3.91. The van der Waals surface area contributed by atoms with Crippen LogP contribution in [0.4, 0.5) is 13.2 Å². The number of nitrogens with one attached hydrogen (secondary N) is 5. The molecule has 3 fully saturated rings. The van der Waals surface area contributed by atoms with E-state index < -0.39 is 227 Å². The summed E-state index contributed by atoms with van der Waals surface area (Å²) in [5.74, 6) is -16.4. The molecular formula is C72H85F3N14O24S. The minimum atomic E-state index is -5.35. The number of ether oxygens (including phenoxy) is 1. The van der Waals surface area contributed by atoms with Crippen LogP contribution in [0.1, 0.15) is 105 Å². The van der Waals surface area contributed by atoms with Crippen molar-refractivity contribution in [3.05, 3.63) is 156 Å². The Labute approximate surface area is 647 Å². The number of rotatable bonds is 23. The number of phenolic OH excluding ortho intramolecular Hbond substituents is 1. The van der Waals surface area contributed by atoms with Gasteiger partial charge in [-0.3, -0.25) is 42.9 Å². The van der Waals surface area contributed by atoms with Crippen LogP contribution in [-0.4, -0.2) is 250 Å². The number of fused-ring (bicyclic) bond motifs is 2. The number of halogens is 3. The smallest absolute Gasteiger partial charge is 0.446 e. The maximum Gasteiger partial charge on any atom is 0.446 e. The first-order chi connectivity index (χ1) is 53.9. The zero-order valence-electron chi connectivity index (χ0n) is 61.2. The van der Waals surface area contributed by atoms with Crippen molar-refractivity contribution in [1.82, 2.24) is 66.3 Å². The van der Waals surface area contributed by atoms with E-state index >= 15 is 0 Å². The first-order valence-electron chi connectivity index (χ1n) is 35.5. The predicted molar refractivity (Wildman–Crippen MR) is 384 cm³/mol. The number of primary amides is 1. The molecule has 3 saturated heterocycles. The van der Waals surface area contributed by atoms with Gasteiger partial charge in [-0.15, -0.1) is 0 Å². The highest BCUT2D eigenvalue weighted by Crippen LogP contribution is 2.40. The Hall–Kier alpha value is -11.2. The summed E-state index contributed by atoms with van der Waals surface area (Å²) in [6.07, 6.45) is -12.6. The lowest BCUT2D eigenvalue weighted by molar-refractivity contribution is -0.149.